The predicted octanol–water partition coefficient (Wildman–Crippen LogP) is 3.53. The Morgan fingerprint density at radius 2 is 1.80 bits per heavy atom. The van der Waals surface area contributed by atoms with Gasteiger partial charge in [-0.15, -0.1) is 0 Å². The Hall–Kier alpha value is -2.84. The quantitative estimate of drug-likeness (QED) is 0.680. The molecule has 2 aromatic carbocycles. The van der Waals surface area contributed by atoms with Crippen molar-refractivity contribution in [1.82, 2.24) is 4.31 Å². The Morgan fingerprint density at radius 3 is 2.50 bits per heavy atom. The van der Waals surface area contributed by atoms with Crippen LogP contribution in [0.5, 0.6) is 11.5 Å². The van der Waals surface area contributed by atoms with Crippen LogP contribution in [0.2, 0.25) is 0 Å². The molecular weight excluding hydrogens is 404 g/mol. The molecule has 0 saturated carbocycles. The molecule has 1 fully saturated rings. The van der Waals surface area contributed by atoms with Gasteiger partial charge in [-0.3, -0.25) is 4.79 Å². The molecule has 30 heavy (non-hydrogen) atoms. The smallest absolute Gasteiger partial charge is 0.248 e. The summed E-state index contributed by atoms with van der Waals surface area (Å²) < 4.78 is 37.7. The first-order chi connectivity index (χ1) is 14.4. The molecule has 8 heteroatoms. The van der Waals surface area contributed by atoms with Crippen LogP contribution >= 0.6 is 0 Å². The number of hydrogen-bond donors (Lipinski definition) is 1. The third-order valence-electron chi connectivity index (χ3n) is 4.91. The summed E-state index contributed by atoms with van der Waals surface area (Å²) in [4.78, 5) is 12.5. The minimum Gasteiger partial charge on any atom is -0.497 e. The fourth-order valence-corrected chi connectivity index (χ4v) is 4.86. The Morgan fingerprint density at radius 1 is 1.03 bits per heavy atom. The fraction of sp³-hybridized carbons (Fsp3) is 0.318. The lowest BCUT2D eigenvalue weighted by molar-refractivity contribution is -0.111. The summed E-state index contributed by atoms with van der Waals surface area (Å²) in [5, 5.41) is 2.71. The number of carbonyl (C=O) groups excluding carboxylic acids is 1. The van der Waals surface area contributed by atoms with Gasteiger partial charge in [0.25, 0.3) is 0 Å². The van der Waals surface area contributed by atoms with E-state index in [-0.39, 0.29) is 10.8 Å². The van der Waals surface area contributed by atoms with Crippen molar-refractivity contribution in [2.24, 2.45) is 0 Å². The molecule has 160 valence electrons. The molecule has 1 amide bonds. The minimum absolute atomic E-state index is 0.183. The van der Waals surface area contributed by atoms with Gasteiger partial charge in [0, 0.05) is 36.5 Å². The third-order valence-corrected chi connectivity index (χ3v) is 6.80. The third kappa shape index (κ3) is 5.20. The SMILES string of the molecule is COc1ccc(C=CC(=O)Nc2cccc(S(=O)(=O)N3CCCCC3)c2)c(OC)c1. The van der Waals surface area contributed by atoms with Crippen molar-refractivity contribution < 1.29 is 22.7 Å². The van der Waals surface area contributed by atoms with Crippen LogP contribution in [-0.2, 0) is 14.8 Å². The number of carbonyl (C=O) groups is 1. The van der Waals surface area contributed by atoms with Gasteiger partial charge in [0.2, 0.25) is 15.9 Å². The molecule has 0 aromatic heterocycles. The first-order valence-corrected chi connectivity index (χ1v) is 11.2. The number of sulfonamides is 1. The number of piperidine rings is 1. The van der Waals surface area contributed by atoms with E-state index in [2.05, 4.69) is 5.32 Å². The van der Waals surface area contributed by atoms with E-state index in [1.165, 1.54) is 16.4 Å². The summed E-state index contributed by atoms with van der Waals surface area (Å²) in [5.41, 5.74) is 1.14. The van der Waals surface area contributed by atoms with Crippen LogP contribution in [0.1, 0.15) is 24.8 Å². The van der Waals surface area contributed by atoms with Crippen molar-refractivity contribution in [2.75, 3.05) is 32.6 Å². The second-order valence-electron chi connectivity index (χ2n) is 6.92. The predicted molar refractivity (Wildman–Crippen MR) is 116 cm³/mol. The topological polar surface area (TPSA) is 84.9 Å². The number of ether oxygens (including phenoxy) is 2. The highest BCUT2D eigenvalue weighted by atomic mass is 32.2. The summed E-state index contributed by atoms with van der Waals surface area (Å²) in [5.74, 6) is 0.855. The number of rotatable bonds is 7. The van der Waals surface area contributed by atoms with E-state index in [4.69, 9.17) is 9.47 Å². The van der Waals surface area contributed by atoms with Gasteiger partial charge >= 0.3 is 0 Å². The second kappa shape index (κ2) is 9.77. The summed E-state index contributed by atoms with van der Waals surface area (Å²) in [6.45, 7) is 1.07. The molecule has 7 nitrogen and oxygen atoms in total. The van der Waals surface area contributed by atoms with Crippen LogP contribution in [0.25, 0.3) is 6.08 Å². The number of amides is 1. The first-order valence-electron chi connectivity index (χ1n) is 9.75. The van der Waals surface area contributed by atoms with E-state index in [0.717, 1.165) is 24.8 Å². The maximum absolute atomic E-state index is 12.8. The molecule has 1 aliphatic rings. The second-order valence-corrected chi connectivity index (χ2v) is 8.86. The average molecular weight is 431 g/mol. The molecule has 0 spiro atoms. The summed E-state index contributed by atoms with van der Waals surface area (Å²) in [6.07, 6.45) is 5.79. The Kier molecular flexibility index (Phi) is 7.12. The van der Waals surface area contributed by atoms with Crippen molar-refractivity contribution >= 4 is 27.7 Å². The van der Waals surface area contributed by atoms with Gasteiger partial charge in [-0.2, -0.15) is 4.31 Å². The lowest BCUT2D eigenvalue weighted by atomic mass is 10.1. The number of hydrogen-bond acceptors (Lipinski definition) is 5. The normalized spacial score (nSPS) is 15.1. The zero-order valence-corrected chi connectivity index (χ0v) is 17.9. The number of nitrogens with zero attached hydrogens (tertiary/aromatic N) is 1. The van der Waals surface area contributed by atoms with Crippen molar-refractivity contribution in [3.63, 3.8) is 0 Å². The number of anilines is 1. The van der Waals surface area contributed by atoms with Crippen molar-refractivity contribution in [3.05, 3.63) is 54.1 Å². The highest BCUT2D eigenvalue weighted by Crippen LogP contribution is 2.26. The van der Waals surface area contributed by atoms with Crippen LogP contribution in [0.3, 0.4) is 0 Å². The molecule has 0 atom stereocenters. The molecule has 1 aliphatic heterocycles. The largest absolute Gasteiger partial charge is 0.497 e. The Balaban J connectivity index is 1.72. The highest BCUT2D eigenvalue weighted by molar-refractivity contribution is 7.89. The van der Waals surface area contributed by atoms with E-state index in [1.54, 1.807) is 56.7 Å². The van der Waals surface area contributed by atoms with Crippen molar-refractivity contribution in [1.29, 1.82) is 0 Å². The zero-order valence-electron chi connectivity index (χ0n) is 17.1. The Labute approximate surface area is 177 Å². The molecule has 0 radical (unpaired) electrons. The summed E-state index contributed by atoms with van der Waals surface area (Å²) in [7, 11) is -0.447. The van der Waals surface area contributed by atoms with Crippen molar-refractivity contribution in [3.8, 4) is 11.5 Å². The molecule has 3 rings (SSSR count). The van der Waals surface area contributed by atoms with Gasteiger partial charge in [0.15, 0.2) is 0 Å². The van der Waals surface area contributed by atoms with Gasteiger partial charge in [-0.1, -0.05) is 12.5 Å². The molecule has 1 N–H and O–H groups in total. The maximum Gasteiger partial charge on any atom is 0.248 e. The van der Waals surface area contributed by atoms with Crippen LogP contribution in [0.15, 0.2) is 53.4 Å². The van der Waals surface area contributed by atoms with Crippen LogP contribution in [-0.4, -0.2) is 45.9 Å². The average Bonchev–Trinajstić information content (AvgIpc) is 2.78. The van der Waals surface area contributed by atoms with Gasteiger partial charge in [-0.25, -0.2) is 8.42 Å². The molecule has 2 aromatic rings. The van der Waals surface area contributed by atoms with E-state index in [9.17, 15) is 13.2 Å². The van der Waals surface area contributed by atoms with Gasteiger partial charge in [-0.05, 0) is 49.2 Å². The molecule has 0 unspecified atom stereocenters. The summed E-state index contributed by atoms with van der Waals surface area (Å²) in [6, 6.07) is 11.6. The fourth-order valence-electron chi connectivity index (χ4n) is 3.29. The molecule has 0 aliphatic carbocycles. The van der Waals surface area contributed by atoms with E-state index < -0.39 is 10.0 Å². The van der Waals surface area contributed by atoms with Crippen LogP contribution in [0, 0.1) is 0 Å². The van der Waals surface area contributed by atoms with E-state index in [1.807, 2.05) is 0 Å². The monoisotopic (exact) mass is 430 g/mol. The number of methoxy groups -OCH3 is 2. The highest BCUT2D eigenvalue weighted by Gasteiger charge is 2.26. The lowest BCUT2D eigenvalue weighted by Gasteiger charge is -2.26. The van der Waals surface area contributed by atoms with Crippen molar-refractivity contribution in [2.45, 2.75) is 24.2 Å². The maximum atomic E-state index is 12.8. The van der Waals surface area contributed by atoms with E-state index in [0.29, 0.717) is 30.3 Å². The molecule has 1 saturated heterocycles. The van der Waals surface area contributed by atoms with Crippen LogP contribution < -0.4 is 14.8 Å². The first kappa shape index (κ1) is 21.9. The number of nitrogens with one attached hydrogen (secondary N) is 1. The molecule has 1 heterocycles. The zero-order chi connectivity index (χ0) is 21.6. The van der Waals surface area contributed by atoms with Gasteiger partial charge in [0.05, 0.1) is 19.1 Å². The Bertz CT molecular complexity index is 1030. The lowest BCUT2D eigenvalue weighted by Crippen LogP contribution is -2.35. The standard InChI is InChI=1S/C22H26N2O5S/c1-28-19-11-9-17(21(16-19)29-2)10-12-22(25)23-18-7-6-8-20(15-18)30(26,27)24-13-4-3-5-14-24/h6-12,15-16H,3-5,13-14H2,1-2H3,(H,23,25). The van der Waals surface area contributed by atoms with Gasteiger partial charge in [0.1, 0.15) is 11.5 Å². The minimum atomic E-state index is -3.56. The number of benzene rings is 2. The van der Waals surface area contributed by atoms with Gasteiger partial charge < -0.3 is 14.8 Å². The van der Waals surface area contributed by atoms with E-state index >= 15 is 0 Å². The molecule has 0 bridgehead atoms. The van der Waals surface area contributed by atoms with Crippen LogP contribution in [0.4, 0.5) is 5.69 Å². The summed E-state index contributed by atoms with van der Waals surface area (Å²) >= 11 is 0. The molecular formula is C22H26N2O5S.